The average molecular weight is 375 g/mol. The van der Waals surface area contributed by atoms with Gasteiger partial charge < -0.3 is 20.5 Å². The minimum absolute atomic E-state index is 0.385. The van der Waals surface area contributed by atoms with Crippen molar-refractivity contribution < 1.29 is 9.47 Å². The maximum absolute atomic E-state index is 5.96. The number of nitrogens with one attached hydrogen (secondary N) is 1. The van der Waals surface area contributed by atoms with Gasteiger partial charge >= 0.3 is 0 Å². The number of hydrogen-bond acceptors (Lipinski definition) is 3. The number of hydrogen-bond donors (Lipinski definition) is 2. The van der Waals surface area contributed by atoms with Crippen LogP contribution >= 0.6 is 0 Å². The summed E-state index contributed by atoms with van der Waals surface area (Å²) in [6, 6.07) is 25.8. The van der Waals surface area contributed by atoms with Crippen LogP contribution in [-0.2, 0) is 13.0 Å². The summed E-state index contributed by atoms with van der Waals surface area (Å²) in [5, 5.41) is 3.07. The lowest BCUT2D eigenvalue weighted by Crippen LogP contribution is -2.23. The standard InChI is InChI=1S/C23H25N3O2/c1-27-22-9-5-8-20(16-22)26-23(24)25-15-14-18-10-12-21(13-11-18)28-17-19-6-3-2-4-7-19/h2-13,16H,14-15,17H2,1H3,(H3,24,25,26). The predicted molar refractivity (Wildman–Crippen MR) is 114 cm³/mol. The number of anilines is 1. The summed E-state index contributed by atoms with van der Waals surface area (Å²) in [7, 11) is 1.63. The second-order valence-corrected chi connectivity index (χ2v) is 6.29. The van der Waals surface area contributed by atoms with Crippen molar-refractivity contribution in [3.8, 4) is 11.5 Å². The highest BCUT2D eigenvalue weighted by atomic mass is 16.5. The third-order valence-electron chi connectivity index (χ3n) is 4.20. The number of benzene rings is 3. The van der Waals surface area contributed by atoms with Crippen LogP contribution in [0.15, 0.2) is 83.9 Å². The number of ether oxygens (including phenoxy) is 2. The van der Waals surface area contributed by atoms with Crippen LogP contribution in [-0.4, -0.2) is 19.6 Å². The van der Waals surface area contributed by atoms with Crippen LogP contribution in [0.4, 0.5) is 5.69 Å². The van der Waals surface area contributed by atoms with Crippen LogP contribution in [0.1, 0.15) is 11.1 Å². The smallest absolute Gasteiger partial charge is 0.193 e. The fourth-order valence-electron chi connectivity index (χ4n) is 2.69. The van der Waals surface area contributed by atoms with Crippen LogP contribution in [0.2, 0.25) is 0 Å². The van der Waals surface area contributed by atoms with E-state index in [1.165, 1.54) is 5.56 Å². The molecule has 0 aliphatic rings. The number of guanidine groups is 1. The van der Waals surface area contributed by atoms with Gasteiger partial charge in [0.1, 0.15) is 18.1 Å². The van der Waals surface area contributed by atoms with E-state index in [9.17, 15) is 0 Å². The molecule has 3 aromatic rings. The Balaban J connectivity index is 1.45. The minimum Gasteiger partial charge on any atom is -0.497 e. The maximum atomic E-state index is 5.96. The number of nitrogens with zero attached hydrogens (tertiary/aromatic N) is 1. The molecule has 3 rings (SSSR count). The molecule has 0 bridgehead atoms. The summed E-state index contributed by atoms with van der Waals surface area (Å²) in [4.78, 5) is 4.38. The van der Waals surface area contributed by atoms with Crippen molar-refractivity contribution in [1.82, 2.24) is 0 Å². The van der Waals surface area contributed by atoms with E-state index in [1.807, 2.05) is 54.6 Å². The first kappa shape index (κ1) is 19.3. The van der Waals surface area contributed by atoms with Crippen LogP contribution in [0.3, 0.4) is 0 Å². The van der Waals surface area contributed by atoms with Gasteiger partial charge in [-0.1, -0.05) is 48.5 Å². The Bertz CT molecular complexity index is 893. The first-order chi connectivity index (χ1) is 13.7. The van der Waals surface area contributed by atoms with Gasteiger partial charge in [0, 0.05) is 18.3 Å². The van der Waals surface area contributed by atoms with E-state index < -0.39 is 0 Å². The van der Waals surface area contributed by atoms with Gasteiger partial charge in [-0.25, -0.2) is 0 Å². The topological polar surface area (TPSA) is 68.9 Å². The summed E-state index contributed by atoms with van der Waals surface area (Å²) < 4.78 is 11.0. The molecular formula is C23H25N3O2. The third-order valence-corrected chi connectivity index (χ3v) is 4.20. The van der Waals surface area contributed by atoms with Crippen LogP contribution in [0.25, 0.3) is 0 Å². The van der Waals surface area contributed by atoms with Crippen molar-refractivity contribution in [3.05, 3.63) is 90.0 Å². The number of rotatable bonds is 8. The van der Waals surface area contributed by atoms with E-state index in [0.717, 1.165) is 29.2 Å². The van der Waals surface area contributed by atoms with Crippen LogP contribution < -0.4 is 20.5 Å². The highest BCUT2D eigenvalue weighted by Crippen LogP contribution is 2.17. The molecule has 28 heavy (non-hydrogen) atoms. The molecule has 0 amide bonds. The molecule has 0 saturated heterocycles. The first-order valence-electron chi connectivity index (χ1n) is 9.19. The molecule has 0 spiro atoms. The molecule has 5 heteroatoms. The quantitative estimate of drug-likeness (QED) is 0.456. The van der Waals surface area contributed by atoms with Crippen molar-refractivity contribution >= 4 is 11.6 Å². The van der Waals surface area contributed by atoms with Crippen molar-refractivity contribution in [3.63, 3.8) is 0 Å². The maximum Gasteiger partial charge on any atom is 0.193 e. The Labute approximate surface area is 165 Å². The highest BCUT2D eigenvalue weighted by molar-refractivity contribution is 5.92. The van der Waals surface area contributed by atoms with Crippen LogP contribution in [0, 0.1) is 0 Å². The monoisotopic (exact) mass is 375 g/mol. The Hall–Kier alpha value is -3.47. The Morgan fingerprint density at radius 3 is 2.43 bits per heavy atom. The van der Waals surface area contributed by atoms with E-state index in [-0.39, 0.29) is 0 Å². The third kappa shape index (κ3) is 6.06. The SMILES string of the molecule is COc1cccc(NC(N)=NCCc2ccc(OCc3ccccc3)cc2)c1. The first-order valence-corrected chi connectivity index (χ1v) is 9.19. The lowest BCUT2D eigenvalue weighted by Gasteiger charge is -2.08. The van der Waals surface area contributed by atoms with Gasteiger partial charge in [0.25, 0.3) is 0 Å². The lowest BCUT2D eigenvalue weighted by atomic mass is 10.1. The number of aliphatic imine (C=N–C) groups is 1. The summed E-state index contributed by atoms with van der Waals surface area (Å²) in [5.74, 6) is 2.01. The number of nitrogens with two attached hydrogens (primary N) is 1. The van der Waals surface area contributed by atoms with Crippen molar-refractivity contribution in [2.75, 3.05) is 19.0 Å². The van der Waals surface area contributed by atoms with E-state index >= 15 is 0 Å². The van der Waals surface area contributed by atoms with Gasteiger partial charge in [0.15, 0.2) is 5.96 Å². The molecule has 0 aliphatic carbocycles. The Morgan fingerprint density at radius 2 is 1.68 bits per heavy atom. The van der Waals surface area contributed by atoms with Crippen LogP contribution in [0.5, 0.6) is 11.5 Å². The zero-order valence-electron chi connectivity index (χ0n) is 16.0. The Morgan fingerprint density at radius 1 is 0.893 bits per heavy atom. The number of methoxy groups -OCH3 is 1. The van der Waals surface area contributed by atoms with E-state index in [2.05, 4.69) is 34.6 Å². The lowest BCUT2D eigenvalue weighted by molar-refractivity contribution is 0.306. The van der Waals surface area contributed by atoms with E-state index in [0.29, 0.717) is 19.1 Å². The van der Waals surface area contributed by atoms with Gasteiger partial charge in [-0.05, 0) is 41.8 Å². The van der Waals surface area contributed by atoms with Gasteiger partial charge in [-0.15, -0.1) is 0 Å². The largest absolute Gasteiger partial charge is 0.497 e. The molecule has 0 heterocycles. The summed E-state index contributed by atoms with van der Waals surface area (Å²) in [6.45, 7) is 1.17. The van der Waals surface area contributed by atoms with Gasteiger partial charge in [-0.3, -0.25) is 4.99 Å². The fourth-order valence-corrected chi connectivity index (χ4v) is 2.69. The average Bonchev–Trinajstić information content (AvgIpc) is 2.74. The molecule has 5 nitrogen and oxygen atoms in total. The van der Waals surface area contributed by atoms with Crippen molar-refractivity contribution in [2.24, 2.45) is 10.7 Å². The minimum atomic E-state index is 0.385. The van der Waals surface area contributed by atoms with Gasteiger partial charge in [0.2, 0.25) is 0 Å². The molecule has 0 atom stereocenters. The molecule has 3 aromatic carbocycles. The normalized spacial score (nSPS) is 11.1. The van der Waals surface area contributed by atoms with E-state index in [4.69, 9.17) is 15.2 Å². The summed E-state index contributed by atoms with van der Waals surface area (Å²) in [6.07, 6.45) is 0.805. The molecule has 0 aromatic heterocycles. The zero-order valence-corrected chi connectivity index (χ0v) is 16.0. The molecule has 0 aliphatic heterocycles. The van der Waals surface area contributed by atoms with Gasteiger partial charge in [0.05, 0.1) is 7.11 Å². The fraction of sp³-hybridized carbons (Fsp3) is 0.174. The second kappa shape index (κ2) is 10.0. The van der Waals surface area contributed by atoms with Crippen molar-refractivity contribution in [1.29, 1.82) is 0 Å². The van der Waals surface area contributed by atoms with Crippen molar-refractivity contribution in [2.45, 2.75) is 13.0 Å². The second-order valence-electron chi connectivity index (χ2n) is 6.29. The highest BCUT2D eigenvalue weighted by Gasteiger charge is 1.99. The molecule has 0 radical (unpaired) electrons. The zero-order chi connectivity index (χ0) is 19.6. The predicted octanol–water partition coefficient (Wildman–Crippen LogP) is 4.24. The molecule has 3 N–H and O–H groups in total. The molecule has 0 saturated carbocycles. The molecule has 0 unspecified atom stereocenters. The van der Waals surface area contributed by atoms with Gasteiger partial charge in [-0.2, -0.15) is 0 Å². The summed E-state index contributed by atoms with van der Waals surface area (Å²) >= 11 is 0. The summed E-state index contributed by atoms with van der Waals surface area (Å²) in [5.41, 5.74) is 9.14. The van der Waals surface area contributed by atoms with E-state index in [1.54, 1.807) is 7.11 Å². The molecule has 0 fully saturated rings. The molecule has 144 valence electrons. The molecular weight excluding hydrogens is 350 g/mol. The Kier molecular flexibility index (Phi) is 6.90.